The van der Waals surface area contributed by atoms with Gasteiger partial charge in [-0.3, -0.25) is 9.59 Å². The fourth-order valence-electron chi connectivity index (χ4n) is 5.47. The van der Waals surface area contributed by atoms with Crippen LogP contribution in [0.25, 0.3) is 50.4 Å². The van der Waals surface area contributed by atoms with Crippen molar-refractivity contribution in [2.75, 3.05) is 0 Å². The van der Waals surface area contributed by atoms with Crippen molar-refractivity contribution in [3.63, 3.8) is 0 Å². The molecule has 0 saturated carbocycles. The molecule has 5 heterocycles. The lowest BCUT2D eigenvalue weighted by atomic mass is 10.0. The maximum Gasteiger partial charge on any atom is 0.303 e. The largest absolute Gasteiger partial charge is 0.481 e. The van der Waals surface area contributed by atoms with E-state index in [1.165, 1.54) is 0 Å². The molecule has 8 nitrogen and oxygen atoms in total. The smallest absolute Gasteiger partial charge is 0.303 e. The number of hydrogen-bond donors (Lipinski definition) is 4. The Hall–Kier alpha value is -4.98. The monoisotopic (exact) mass is 548 g/mol. The fourth-order valence-corrected chi connectivity index (χ4v) is 5.47. The number of aromatic nitrogens is 4. The Balaban J connectivity index is 1.91. The molecule has 41 heavy (non-hydrogen) atoms. The lowest BCUT2D eigenvalue weighted by molar-refractivity contribution is -0.137. The van der Waals surface area contributed by atoms with Gasteiger partial charge in [0.25, 0.3) is 0 Å². The van der Waals surface area contributed by atoms with Gasteiger partial charge in [-0.15, -0.1) is 0 Å². The van der Waals surface area contributed by atoms with E-state index in [1.54, 1.807) is 6.08 Å². The van der Waals surface area contributed by atoms with Crippen molar-refractivity contribution in [2.45, 2.75) is 46.5 Å². The number of aliphatic carboxylic acids is 2. The van der Waals surface area contributed by atoms with Gasteiger partial charge in [-0.2, -0.15) is 0 Å². The van der Waals surface area contributed by atoms with E-state index in [2.05, 4.69) is 23.1 Å². The van der Waals surface area contributed by atoms with Crippen LogP contribution in [-0.4, -0.2) is 42.1 Å². The molecule has 3 aromatic rings. The molecule has 0 aromatic carbocycles. The maximum absolute atomic E-state index is 11.5. The summed E-state index contributed by atoms with van der Waals surface area (Å²) in [6.45, 7) is 14.0. The van der Waals surface area contributed by atoms with Crippen LogP contribution < -0.4 is 0 Å². The zero-order valence-corrected chi connectivity index (χ0v) is 23.4. The van der Waals surface area contributed by atoms with Crippen LogP contribution in [-0.2, 0) is 16.0 Å². The second kappa shape index (κ2) is 10.9. The van der Waals surface area contributed by atoms with Crippen molar-refractivity contribution in [3.05, 3.63) is 89.0 Å². The normalized spacial score (nSPS) is 13.0. The molecule has 8 bridgehead atoms. The van der Waals surface area contributed by atoms with Gasteiger partial charge >= 0.3 is 11.9 Å². The first-order valence-electron chi connectivity index (χ1n) is 13.4. The fraction of sp³-hybridized carbons (Fsp3) is 0.212. The van der Waals surface area contributed by atoms with Gasteiger partial charge in [0.1, 0.15) is 0 Å². The third-order valence-electron chi connectivity index (χ3n) is 7.75. The molecule has 208 valence electrons. The van der Waals surface area contributed by atoms with Crippen LogP contribution in [0.1, 0.15) is 72.6 Å². The van der Waals surface area contributed by atoms with Gasteiger partial charge in [0.2, 0.25) is 0 Å². The summed E-state index contributed by atoms with van der Waals surface area (Å²) in [5, 5.41) is 18.8. The number of carboxylic acid groups (broad SMARTS) is 2. The van der Waals surface area contributed by atoms with E-state index in [4.69, 9.17) is 9.97 Å². The van der Waals surface area contributed by atoms with Gasteiger partial charge in [-0.05, 0) is 91.8 Å². The number of hydrogen-bond acceptors (Lipinski definition) is 4. The van der Waals surface area contributed by atoms with E-state index in [1.807, 2.05) is 57.2 Å². The average Bonchev–Trinajstić information content (AvgIpc) is 3.61. The van der Waals surface area contributed by atoms with Gasteiger partial charge in [-0.25, -0.2) is 9.97 Å². The third kappa shape index (κ3) is 5.28. The summed E-state index contributed by atoms with van der Waals surface area (Å²) in [6, 6.07) is 9.76. The molecule has 5 rings (SSSR count). The quantitative estimate of drug-likeness (QED) is 0.235. The van der Waals surface area contributed by atoms with Crippen molar-refractivity contribution in [1.82, 2.24) is 19.9 Å². The van der Waals surface area contributed by atoms with Gasteiger partial charge in [-0.1, -0.05) is 25.3 Å². The first-order chi connectivity index (χ1) is 19.6. The molecular formula is C33H32N4O4. The highest BCUT2D eigenvalue weighted by Crippen LogP contribution is 2.36. The Morgan fingerprint density at radius 2 is 1.41 bits per heavy atom. The summed E-state index contributed by atoms with van der Waals surface area (Å²) in [7, 11) is 0. The third-order valence-corrected chi connectivity index (χ3v) is 7.75. The summed E-state index contributed by atoms with van der Waals surface area (Å²) in [4.78, 5) is 39.7. The standard InChI is InChI=1S/C33H32N4O4/c1-6-22-17(3)25-13-21-12-20(8-10-32(38)39)28(34-21)16-31-24(9-11-33(40)41)19(5)27(37-31)15-30-23(7-2)18(4)26(36-30)14-29(22)35-25/h6-7,12-16,34-35H,1-2,8-11H2,3-5H3,(H,38,39)(H,40,41). The molecule has 4 N–H and O–H groups in total. The van der Waals surface area contributed by atoms with E-state index in [0.29, 0.717) is 24.2 Å². The number of allylic oxidation sites excluding steroid dienone is 5. The molecule has 0 amide bonds. The number of carboxylic acids is 2. The van der Waals surface area contributed by atoms with Crippen molar-refractivity contribution in [1.29, 1.82) is 0 Å². The minimum absolute atomic E-state index is 0.0216. The topological polar surface area (TPSA) is 132 Å². The molecule has 0 aliphatic carbocycles. The summed E-state index contributed by atoms with van der Waals surface area (Å²) >= 11 is 0. The second-order valence-corrected chi connectivity index (χ2v) is 10.3. The zero-order valence-electron chi connectivity index (χ0n) is 23.4. The van der Waals surface area contributed by atoms with Crippen molar-refractivity contribution >= 4 is 62.4 Å². The SMILES string of the molecule is C=CC1=C(C)c2cc3[nH]c(cc4cc(CCC(=O)O)c(cc5nc(cc1n2)C(C)=C5CCC(=O)O)[nH]4)c(C)c3C=C. The van der Waals surface area contributed by atoms with Crippen LogP contribution in [0.15, 0.2) is 49.6 Å². The number of fused-ring (bicyclic) bond motifs is 8. The summed E-state index contributed by atoms with van der Waals surface area (Å²) in [6.07, 6.45) is 4.20. The van der Waals surface area contributed by atoms with E-state index >= 15 is 0 Å². The molecule has 8 heteroatoms. The summed E-state index contributed by atoms with van der Waals surface area (Å²) in [5.74, 6) is -1.77. The van der Waals surface area contributed by atoms with Crippen molar-refractivity contribution in [3.8, 4) is 0 Å². The Morgan fingerprint density at radius 1 is 0.756 bits per heavy atom. The molecule has 2 aliphatic heterocycles. The van der Waals surface area contributed by atoms with Gasteiger partial charge < -0.3 is 20.2 Å². The maximum atomic E-state index is 11.5. The number of nitrogens with zero attached hydrogens (tertiary/aromatic N) is 2. The number of rotatable bonds is 8. The van der Waals surface area contributed by atoms with Crippen molar-refractivity contribution in [2.24, 2.45) is 0 Å². The lowest BCUT2D eigenvalue weighted by Gasteiger charge is -2.03. The van der Waals surface area contributed by atoms with Crippen LogP contribution in [0.5, 0.6) is 0 Å². The first-order valence-corrected chi connectivity index (χ1v) is 13.4. The van der Waals surface area contributed by atoms with E-state index in [9.17, 15) is 19.8 Å². The first kappa shape index (κ1) is 27.6. The number of aromatic amines is 2. The van der Waals surface area contributed by atoms with Crippen molar-refractivity contribution < 1.29 is 19.8 Å². The Morgan fingerprint density at radius 3 is 2.10 bits per heavy atom. The van der Waals surface area contributed by atoms with E-state index < -0.39 is 11.9 Å². The Bertz CT molecular complexity index is 1870. The van der Waals surface area contributed by atoms with Gasteiger partial charge in [0.15, 0.2) is 0 Å². The molecule has 2 aliphatic rings. The molecule has 0 spiro atoms. The minimum Gasteiger partial charge on any atom is -0.481 e. The van der Waals surface area contributed by atoms with Crippen LogP contribution in [0.2, 0.25) is 0 Å². The second-order valence-electron chi connectivity index (χ2n) is 10.3. The molecule has 0 atom stereocenters. The Labute approximate surface area is 237 Å². The summed E-state index contributed by atoms with van der Waals surface area (Å²) in [5.41, 5.74) is 12.6. The van der Waals surface area contributed by atoms with Crippen LogP contribution in [0.4, 0.5) is 0 Å². The predicted molar refractivity (Wildman–Crippen MR) is 164 cm³/mol. The highest BCUT2D eigenvalue weighted by atomic mass is 16.4. The van der Waals surface area contributed by atoms with Crippen LogP contribution in [0, 0.1) is 6.92 Å². The highest BCUT2D eigenvalue weighted by molar-refractivity contribution is 5.98. The van der Waals surface area contributed by atoms with Crippen LogP contribution in [0.3, 0.4) is 0 Å². The lowest BCUT2D eigenvalue weighted by Crippen LogP contribution is -1.97. The molecule has 3 aromatic heterocycles. The number of aryl methyl sites for hydroxylation is 2. The van der Waals surface area contributed by atoms with Crippen LogP contribution >= 0.6 is 0 Å². The van der Waals surface area contributed by atoms with E-state index in [0.717, 1.165) is 72.4 Å². The minimum atomic E-state index is -0.888. The molecule has 0 fully saturated rings. The number of carbonyl (C=O) groups is 2. The molecule has 0 unspecified atom stereocenters. The summed E-state index contributed by atoms with van der Waals surface area (Å²) < 4.78 is 0. The molecule has 0 radical (unpaired) electrons. The highest BCUT2D eigenvalue weighted by Gasteiger charge is 2.21. The molecular weight excluding hydrogens is 516 g/mol. The van der Waals surface area contributed by atoms with Gasteiger partial charge in [0.05, 0.1) is 22.8 Å². The van der Waals surface area contributed by atoms with Gasteiger partial charge in [0, 0.05) is 46.0 Å². The number of H-pyrrole nitrogens is 2. The molecule has 0 saturated heterocycles. The number of nitrogens with one attached hydrogen (secondary N) is 2. The average molecular weight is 549 g/mol. The Kier molecular flexibility index (Phi) is 7.32. The van der Waals surface area contributed by atoms with E-state index in [-0.39, 0.29) is 12.8 Å². The predicted octanol–water partition coefficient (Wildman–Crippen LogP) is 7.20. The zero-order chi connectivity index (χ0) is 29.4.